The third kappa shape index (κ3) is 2.95. The van der Waals surface area contributed by atoms with E-state index in [1.54, 1.807) is 17.1 Å². The molecule has 1 fully saturated rings. The molecule has 2 aromatic rings. The highest BCUT2D eigenvalue weighted by molar-refractivity contribution is 6.20. The molecular weight excluding hydrogens is 377 g/mol. The lowest BCUT2D eigenvalue weighted by Crippen LogP contribution is -2.36. The van der Waals surface area contributed by atoms with Crippen LogP contribution in [0.15, 0.2) is 40.1 Å². The van der Waals surface area contributed by atoms with E-state index in [-0.39, 0.29) is 24.2 Å². The van der Waals surface area contributed by atoms with Crippen LogP contribution in [0.3, 0.4) is 0 Å². The Morgan fingerprint density at radius 1 is 1.18 bits per heavy atom. The number of H-pyrrole nitrogens is 1. The molecule has 4 rings (SSSR count). The Labute approximate surface area is 155 Å². The van der Waals surface area contributed by atoms with E-state index in [1.807, 2.05) is 0 Å². The molecule has 2 N–H and O–H groups in total. The lowest BCUT2D eigenvalue weighted by Gasteiger charge is -2.19. The largest absolute Gasteiger partial charge is 0.390 e. The fourth-order valence-electron chi connectivity index (χ4n) is 3.14. The van der Waals surface area contributed by atoms with Gasteiger partial charge in [-0.1, -0.05) is 12.1 Å². The van der Waals surface area contributed by atoms with Gasteiger partial charge in [0.1, 0.15) is 18.9 Å². The van der Waals surface area contributed by atoms with E-state index < -0.39 is 47.3 Å². The van der Waals surface area contributed by atoms with E-state index in [0.717, 1.165) is 4.57 Å². The minimum Gasteiger partial charge on any atom is -0.390 e. The summed E-state index contributed by atoms with van der Waals surface area (Å²) in [5.74, 6) is -2.45. The van der Waals surface area contributed by atoms with Crippen molar-refractivity contribution in [2.75, 3.05) is 6.61 Å². The molecule has 2 aliphatic heterocycles. The van der Waals surface area contributed by atoms with Crippen molar-refractivity contribution in [1.29, 1.82) is 0 Å². The number of aliphatic hydroxyl groups is 1. The number of benzene rings is 1. The number of imide groups is 1. The Bertz CT molecular complexity index is 1040. The van der Waals surface area contributed by atoms with Gasteiger partial charge < -0.3 is 9.84 Å². The zero-order chi connectivity index (χ0) is 20.0. The second kappa shape index (κ2) is 6.78. The summed E-state index contributed by atoms with van der Waals surface area (Å²) < 4.78 is 19.7. The molecule has 1 aromatic carbocycles. The molecule has 2 amide bonds. The Morgan fingerprint density at radius 2 is 1.82 bits per heavy atom. The van der Waals surface area contributed by atoms with Crippen LogP contribution in [-0.2, 0) is 9.57 Å². The molecule has 1 saturated heterocycles. The Morgan fingerprint density at radius 3 is 2.46 bits per heavy atom. The fraction of sp³-hybridized carbons (Fsp3) is 0.294. The van der Waals surface area contributed by atoms with Crippen molar-refractivity contribution in [1.82, 2.24) is 14.6 Å². The lowest BCUT2D eigenvalue weighted by atomic mass is 10.1. The van der Waals surface area contributed by atoms with Crippen molar-refractivity contribution >= 4 is 11.8 Å². The number of carbonyl (C=O) groups excluding carboxylic acids is 2. The Balaban J connectivity index is 1.45. The smallest absolute Gasteiger partial charge is 0.330 e. The van der Waals surface area contributed by atoms with E-state index in [1.165, 1.54) is 12.1 Å². The Hall–Kier alpha value is -3.15. The maximum Gasteiger partial charge on any atom is 0.330 e. The van der Waals surface area contributed by atoms with Gasteiger partial charge in [-0.2, -0.15) is 4.39 Å². The predicted molar refractivity (Wildman–Crippen MR) is 88.7 cm³/mol. The first-order valence-electron chi connectivity index (χ1n) is 8.32. The first kappa shape index (κ1) is 18.2. The number of hydrogen-bond donors (Lipinski definition) is 2. The predicted octanol–water partition coefficient (Wildman–Crippen LogP) is -0.448. The number of aliphatic hydroxyl groups excluding tert-OH is 1. The molecule has 146 valence electrons. The SMILES string of the molecule is O=C1c2ccccc2C(=O)N1OC[C@H]1O[C@@H](n2cc(F)c(=O)[nH]c2=O)C[C@@H]1O. The summed E-state index contributed by atoms with van der Waals surface area (Å²) in [6.07, 6.45) is -2.55. The van der Waals surface area contributed by atoms with Crippen LogP contribution < -0.4 is 11.2 Å². The monoisotopic (exact) mass is 391 g/mol. The molecule has 28 heavy (non-hydrogen) atoms. The standard InChI is InChI=1S/C17H14FN3O7/c18-10-6-20(17(26)19-14(10)23)13-5-11(22)12(28-13)7-27-21-15(24)8-3-1-2-4-9(8)16(21)25/h1-4,6,11-13,22H,5,7H2,(H,19,23,26)/t11-,12+,13+/m0/s1. The van der Waals surface area contributed by atoms with Gasteiger partial charge in [-0.05, 0) is 12.1 Å². The van der Waals surface area contributed by atoms with Gasteiger partial charge >= 0.3 is 5.69 Å². The van der Waals surface area contributed by atoms with E-state index in [2.05, 4.69) is 0 Å². The number of nitrogens with zero attached hydrogens (tertiary/aromatic N) is 2. The van der Waals surface area contributed by atoms with Gasteiger partial charge in [0.05, 0.1) is 23.4 Å². The highest BCUT2D eigenvalue weighted by Crippen LogP contribution is 2.29. The summed E-state index contributed by atoms with van der Waals surface area (Å²) in [5.41, 5.74) is -1.65. The van der Waals surface area contributed by atoms with Gasteiger partial charge in [0.2, 0.25) is 5.82 Å². The van der Waals surface area contributed by atoms with Crippen molar-refractivity contribution in [3.05, 3.63) is 68.2 Å². The van der Waals surface area contributed by atoms with E-state index in [9.17, 15) is 28.7 Å². The van der Waals surface area contributed by atoms with Crippen molar-refractivity contribution in [3.8, 4) is 0 Å². The zero-order valence-corrected chi connectivity index (χ0v) is 14.2. The summed E-state index contributed by atoms with van der Waals surface area (Å²) in [4.78, 5) is 54.5. The zero-order valence-electron chi connectivity index (χ0n) is 14.2. The first-order chi connectivity index (χ1) is 13.4. The van der Waals surface area contributed by atoms with E-state index >= 15 is 0 Å². The van der Waals surface area contributed by atoms with Gasteiger partial charge in [-0.3, -0.25) is 28.8 Å². The van der Waals surface area contributed by atoms with Crippen molar-refractivity contribution in [3.63, 3.8) is 0 Å². The van der Waals surface area contributed by atoms with Gasteiger partial charge in [-0.15, -0.1) is 5.06 Å². The molecule has 3 heterocycles. The van der Waals surface area contributed by atoms with Crippen molar-refractivity contribution in [2.24, 2.45) is 0 Å². The first-order valence-corrected chi connectivity index (χ1v) is 8.32. The van der Waals surface area contributed by atoms with Crippen molar-refractivity contribution < 1.29 is 28.7 Å². The molecule has 0 saturated carbocycles. The van der Waals surface area contributed by atoms with Crippen LogP contribution in [-0.4, -0.2) is 50.3 Å². The van der Waals surface area contributed by atoms with Crippen molar-refractivity contribution in [2.45, 2.75) is 24.9 Å². The quantitative estimate of drug-likeness (QED) is 0.675. The third-order valence-electron chi connectivity index (χ3n) is 4.56. The van der Waals surface area contributed by atoms with E-state index in [4.69, 9.17) is 9.57 Å². The number of aromatic amines is 1. The van der Waals surface area contributed by atoms with E-state index in [0.29, 0.717) is 11.3 Å². The number of hydroxylamine groups is 2. The number of aromatic nitrogens is 2. The molecule has 10 nitrogen and oxygen atoms in total. The fourth-order valence-corrected chi connectivity index (χ4v) is 3.14. The van der Waals surface area contributed by atoms with Gasteiger partial charge in [0.15, 0.2) is 0 Å². The average Bonchev–Trinajstić information content (AvgIpc) is 3.15. The molecule has 3 atom stereocenters. The number of amides is 2. The number of carbonyl (C=O) groups is 2. The molecule has 0 bridgehead atoms. The number of ether oxygens (including phenoxy) is 1. The lowest BCUT2D eigenvalue weighted by molar-refractivity contribution is -0.141. The maximum absolute atomic E-state index is 13.4. The van der Waals surface area contributed by atoms with Crippen LogP contribution in [0.4, 0.5) is 4.39 Å². The summed E-state index contributed by atoms with van der Waals surface area (Å²) in [7, 11) is 0. The molecular formula is C17H14FN3O7. The number of nitrogens with one attached hydrogen (secondary N) is 1. The van der Waals surface area contributed by atoms with Crippen LogP contribution >= 0.6 is 0 Å². The maximum atomic E-state index is 13.4. The minimum absolute atomic E-state index is 0.0818. The molecule has 11 heteroatoms. The number of hydrogen-bond acceptors (Lipinski definition) is 7. The van der Waals surface area contributed by atoms with Gasteiger partial charge in [0.25, 0.3) is 17.4 Å². The molecule has 1 aromatic heterocycles. The molecule has 0 spiro atoms. The second-order valence-electron chi connectivity index (χ2n) is 6.32. The summed E-state index contributed by atoms with van der Waals surface area (Å²) in [6.45, 7) is -0.357. The summed E-state index contributed by atoms with van der Waals surface area (Å²) in [6, 6.07) is 6.21. The topological polar surface area (TPSA) is 131 Å². The Kier molecular flexibility index (Phi) is 4.41. The van der Waals surface area contributed by atoms with Crippen LogP contribution in [0, 0.1) is 5.82 Å². The molecule has 0 unspecified atom stereocenters. The molecule has 0 aliphatic carbocycles. The summed E-state index contributed by atoms with van der Waals surface area (Å²) >= 11 is 0. The number of fused-ring (bicyclic) bond motifs is 1. The minimum atomic E-state index is -1.18. The molecule has 2 aliphatic rings. The summed E-state index contributed by atoms with van der Waals surface area (Å²) in [5, 5.41) is 10.7. The third-order valence-corrected chi connectivity index (χ3v) is 4.56. The van der Waals surface area contributed by atoms with Gasteiger partial charge in [-0.25, -0.2) is 4.79 Å². The second-order valence-corrected chi connectivity index (χ2v) is 6.32. The number of halogens is 1. The van der Waals surface area contributed by atoms with Gasteiger partial charge in [0, 0.05) is 6.42 Å². The van der Waals surface area contributed by atoms with Crippen LogP contribution in [0.25, 0.3) is 0 Å². The van der Waals surface area contributed by atoms with Crippen LogP contribution in [0.2, 0.25) is 0 Å². The van der Waals surface area contributed by atoms with Crippen LogP contribution in [0.5, 0.6) is 0 Å². The average molecular weight is 391 g/mol. The normalized spacial score (nSPS) is 24.1. The highest BCUT2D eigenvalue weighted by atomic mass is 19.1. The number of rotatable bonds is 4. The highest BCUT2D eigenvalue weighted by Gasteiger charge is 2.40. The van der Waals surface area contributed by atoms with Crippen LogP contribution in [0.1, 0.15) is 33.4 Å². The molecule has 0 radical (unpaired) electrons.